The molecule has 20 heavy (non-hydrogen) atoms. The van der Waals surface area contributed by atoms with Crippen LogP contribution in [0.3, 0.4) is 0 Å². The van der Waals surface area contributed by atoms with E-state index in [0.717, 1.165) is 10.0 Å². The molecule has 0 aromatic heterocycles. The van der Waals surface area contributed by atoms with E-state index in [1.165, 1.54) is 6.26 Å². The highest BCUT2D eigenvalue weighted by molar-refractivity contribution is 9.10. The minimum absolute atomic E-state index is 0.0770. The molecule has 0 spiro atoms. The summed E-state index contributed by atoms with van der Waals surface area (Å²) in [7, 11) is 0. The van der Waals surface area contributed by atoms with Crippen LogP contribution in [0, 0.1) is 0 Å². The molecular formula is C13H11BrO6. The Hall–Kier alpha value is -1.89. The zero-order chi connectivity index (χ0) is 13.9. The summed E-state index contributed by atoms with van der Waals surface area (Å²) >= 11 is 3.40. The van der Waals surface area contributed by atoms with Gasteiger partial charge in [-0.15, -0.1) is 0 Å². The van der Waals surface area contributed by atoms with Crippen LogP contribution in [0.5, 0.6) is 11.5 Å². The Balaban J connectivity index is 1.66. The quantitative estimate of drug-likeness (QED) is 0.784. The lowest BCUT2D eigenvalue weighted by Gasteiger charge is -2.14. The first-order chi connectivity index (χ1) is 9.74. The molecule has 0 atom stereocenters. The summed E-state index contributed by atoms with van der Waals surface area (Å²) in [4.78, 5) is 11.7. The third-order valence-electron chi connectivity index (χ3n) is 2.75. The Labute approximate surface area is 123 Å². The van der Waals surface area contributed by atoms with Crippen LogP contribution in [0.2, 0.25) is 0 Å². The molecule has 7 heteroatoms. The number of carbonyl (C=O) groups is 1. The van der Waals surface area contributed by atoms with Gasteiger partial charge in [0.2, 0.25) is 12.6 Å². The third kappa shape index (κ3) is 2.67. The van der Waals surface area contributed by atoms with Gasteiger partial charge >= 0.3 is 5.97 Å². The van der Waals surface area contributed by atoms with Gasteiger partial charge in [0.25, 0.3) is 0 Å². The van der Waals surface area contributed by atoms with Crippen molar-refractivity contribution in [1.29, 1.82) is 0 Å². The van der Waals surface area contributed by atoms with Crippen molar-refractivity contribution in [3.05, 3.63) is 34.2 Å². The van der Waals surface area contributed by atoms with Crippen molar-refractivity contribution >= 4 is 21.9 Å². The molecule has 0 N–H and O–H groups in total. The number of fused-ring (bicyclic) bond motifs is 1. The molecule has 1 aromatic carbocycles. The molecule has 0 bridgehead atoms. The van der Waals surface area contributed by atoms with Gasteiger partial charge in [-0.3, -0.25) is 0 Å². The van der Waals surface area contributed by atoms with E-state index in [4.69, 9.17) is 23.7 Å². The molecule has 0 saturated heterocycles. The number of esters is 1. The van der Waals surface area contributed by atoms with Gasteiger partial charge < -0.3 is 23.7 Å². The van der Waals surface area contributed by atoms with Gasteiger partial charge in [-0.2, -0.15) is 0 Å². The number of carbonyl (C=O) groups excluding carboxylic acids is 1. The molecule has 1 aromatic rings. The summed E-state index contributed by atoms with van der Waals surface area (Å²) in [6.07, 6.45) is 1.26. The van der Waals surface area contributed by atoms with Gasteiger partial charge in [-0.05, 0) is 12.1 Å². The Kier molecular flexibility index (Phi) is 3.68. The summed E-state index contributed by atoms with van der Waals surface area (Å²) in [6.45, 7) is 1.07. The fraction of sp³-hybridized carbons (Fsp3) is 0.308. The van der Waals surface area contributed by atoms with E-state index in [2.05, 4.69) is 15.9 Å². The second-order valence-electron chi connectivity index (χ2n) is 4.07. The maximum atomic E-state index is 11.7. The van der Waals surface area contributed by atoms with Crippen molar-refractivity contribution < 1.29 is 28.5 Å². The van der Waals surface area contributed by atoms with E-state index < -0.39 is 5.97 Å². The summed E-state index contributed by atoms with van der Waals surface area (Å²) < 4.78 is 26.6. The van der Waals surface area contributed by atoms with Gasteiger partial charge in [0, 0.05) is 10.0 Å². The van der Waals surface area contributed by atoms with Gasteiger partial charge in [-0.1, -0.05) is 15.9 Å². The Morgan fingerprint density at radius 2 is 2.00 bits per heavy atom. The molecule has 0 radical (unpaired) electrons. The third-order valence-corrected chi connectivity index (χ3v) is 3.49. The minimum atomic E-state index is -0.561. The Morgan fingerprint density at radius 1 is 1.20 bits per heavy atom. The van der Waals surface area contributed by atoms with Gasteiger partial charge in [0.1, 0.15) is 26.1 Å². The highest BCUT2D eigenvalue weighted by Gasteiger charge is 2.19. The van der Waals surface area contributed by atoms with Crippen molar-refractivity contribution in [2.75, 3.05) is 20.0 Å². The van der Waals surface area contributed by atoms with E-state index >= 15 is 0 Å². The largest absolute Gasteiger partial charge is 0.493 e. The molecule has 0 unspecified atom stereocenters. The van der Waals surface area contributed by atoms with Crippen LogP contribution < -0.4 is 9.47 Å². The second kappa shape index (κ2) is 5.62. The Bertz CT molecular complexity index is 568. The molecule has 3 rings (SSSR count). The van der Waals surface area contributed by atoms with E-state index in [-0.39, 0.29) is 19.2 Å². The number of benzene rings is 1. The molecule has 6 nitrogen and oxygen atoms in total. The van der Waals surface area contributed by atoms with Crippen LogP contribution in [0.25, 0.3) is 0 Å². The number of halogens is 1. The fourth-order valence-electron chi connectivity index (χ4n) is 1.76. The number of rotatable bonds is 3. The molecule has 2 aliphatic heterocycles. The van der Waals surface area contributed by atoms with Crippen LogP contribution in [0.4, 0.5) is 0 Å². The standard InChI is InChI=1S/C13H11BrO6/c14-9-4-11-10(19-7-20-11)3-8(9)5-18-13(15)12-6-16-1-2-17-12/h3-4,6H,1-2,5,7H2. The predicted molar refractivity (Wildman–Crippen MR) is 70.0 cm³/mol. The summed E-state index contributed by atoms with van der Waals surface area (Å²) in [5.41, 5.74) is 0.778. The van der Waals surface area contributed by atoms with Crippen molar-refractivity contribution in [2.45, 2.75) is 6.61 Å². The smallest absolute Gasteiger partial charge is 0.377 e. The first-order valence-electron chi connectivity index (χ1n) is 5.94. The van der Waals surface area contributed by atoms with Crippen molar-refractivity contribution in [1.82, 2.24) is 0 Å². The lowest BCUT2D eigenvalue weighted by Crippen LogP contribution is -2.17. The van der Waals surface area contributed by atoms with Crippen LogP contribution in [0.1, 0.15) is 5.56 Å². The topological polar surface area (TPSA) is 63.2 Å². The number of ether oxygens (including phenoxy) is 5. The number of hydrogen-bond donors (Lipinski definition) is 0. The highest BCUT2D eigenvalue weighted by Crippen LogP contribution is 2.37. The van der Waals surface area contributed by atoms with Gasteiger partial charge in [0.05, 0.1) is 0 Å². The average molecular weight is 343 g/mol. The molecule has 0 saturated carbocycles. The van der Waals surface area contributed by atoms with E-state index in [9.17, 15) is 4.79 Å². The lowest BCUT2D eigenvalue weighted by atomic mass is 10.2. The SMILES string of the molecule is O=C(OCc1cc2c(cc1Br)OCO2)C1=COCCO1. The van der Waals surface area contributed by atoms with Crippen LogP contribution in [0.15, 0.2) is 28.6 Å². The molecule has 2 aliphatic rings. The van der Waals surface area contributed by atoms with Crippen LogP contribution in [-0.4, -0.2) is 26.0 Å². The maximum absolute atomic E-state index is 11.7. The van der Waals surface area contributed by atoms with Crippen molar-refractivity contribution in [3.8, 4) is 11.5 Å². The maximum Gasteiger partial charge on any atom is 0.377 e. The summed E-state index contributed by atoms with van der Waals surface area (Å²) in [6, 6.07) is 3.55. The fourth-order valence-corrected chi connectivity index (χ4v) is 2.20. The van der Waals surface area contributed by atoms with Crippen LogP contribution >= 0.6 is 15.9 Å². The zero-order valence-electron chi connectivity index (χ0n) is 10.4. The predicted octanol–water partition coefficient (Wildman–Crippen LogP) is 2.11. The zero-order valence-corrected chi connectivity index (χ0v) is 12.0. The first kappa shape index (κ1) is 13.1. The molecule has 0 fully saturated rings. The first-order valence-corrected chi connectivity index (χ1v) is 6.73. The molecular weight excluding hydrogens is 332 g/mol. The van der Waals surface area contributed by atoms with Gasteiger partial charge in [-0.25, -0.2) is 4.79 Å². The van der Waals surface area contributed by atoms with Gasteiger partial charge in [0.15, 0.2) is 11.5 Å². The lowest BCUT2D eigenvalue weighted by molar-refractivity contribution is -0.145. The molecule has 0 aliphatic carbocycles. The van der Waals surface area contributed by atoms with E-state index in [1.54, 1.807) is 12.1 Å². The Morgan fingerprint density at radius 3 is 2.75 bits per heavy atom. The minimum Gasteiger partial charge on any atom is -0.493 e. The van der Waals surface area contributed by atoms with E-state index in [0.29, 0.717) is 24.7 Å². The van der Waals surface area contributed by atoms with Crippen molar-refractivity contribution in [3.63, 3.8) is 0 Å². The van der Waals surface area contributed by atoms with E-state index in [1.807, 2.05) is 0 Å². The molecule has 2 heterocycles. The number of hydrogen-bond acceptors (Lipinski definition) is 6. The summed E-state index contributed by atoms with van der Waals surface area (Å²) in [5.74, 6) is 0.816. The summed E-state index contributed by atoms with van der Waals surface area (Å²) in [5, 5.41) is 0. The molecule has 0 amide bonds. The monoisotopic (exact) mass is 342 g/mol. The van der Waals surface area contributed by atoms with Crippen molar-refractivity contribution in [2.24, 2.45) is 0 Å². The van der Waals surface area contributed by atoms with Crippen LogP contribution in [-0.2, 0) is 25.6 Å². The normalized spacial score (nSPS) is 15.9. The average Bonchev–Trinajstić information content (AvgIpc) is 2.92. The highest BCUT2D eigenvalue weighted by atomic mass is 79.9. The second-order valence-corrected chi connectivity index (χ2v) is 4.93. The molecule has 106 valence electrons.